The Hall–Kier alpha value is -4.06. The molecule has 5 rings (SSSR count). The molecule has 1 aliphatic heterocycles. The number of benzene rings is 1. The highest BCUT2D eigenvalue weighted by atomic mass is 16.2. The summed E-state index contributed by atoms with van der Waals surface area (Å²) in [6, 6.07) is 12.9. The molecule has 32 heavy (non-hydrogen) atoms. The molecule has 1 saturated carbocycles. The van der Waals surface area contributed by atoms with Gasteiger partial charge in [-0.25, -0.2) is 9.97 Å². The normalized spacial score (nSPS) is 23.5. The van der Waals surface area contributed by atoms with Crippen LogP contribution in [0.25, 0.3) is 0 Å². The number of carbonyl (C=O) groups excluding carboxylic acids is 2. The van der Waals surface area contributed by atoms with Crippen molar-refractivity contribution in [3.8, 4) is 6.07 Å². The lowest BCUT2D eigenvalue weighted by Crippen LogP contribution is -2.49. The molecule has 3 aromatic rings. The minimum Gasteiger partial charge on any atom is -0.337 e. The molecule has 2 aromatic heterocycles. The first-order chi connectivity index (χ1) is 15.5. The van der Waals surface area contributed by atoms with E-state index in [9.17, 15) is 14.9 Å². The number of hydrogen-bond acceptors (Lipinski definition) is 6. The Bertz CT molecular complexity index is 1250. The average molecular weight is 427 g/mol. The van der Waals surface area contributed by atoms with E-state index < -0.39 is 11.9 Å². The van der Waals surface area contributed by atoms with Crippen LogP contribution in [0.5, 0.6) is 0 Å². The van der Waals surface area contributed by atoms with Gasteiger partial charge in [-0.3, -0.25) is 19.6 Å². The number of fused-ring (bicyclic) bond motifs is 3. The quantitative estimate of drug-likeness (QED) is 0.653. The number of pyridine rings is 1. The van der Waals surface area contributed by atoms with Crippen LogP contribution >= 0.6 is 0 Å². The van der Waals surface area contributed by atoms with E-state index in [0.29, 0.717) is 23.6 Å². The van der Waals surface area contributed by atoms with Crippen LogP contribution in [0.3, 0.4) is 0 Å². The fourth-order valence-corrected chi connectivity index (χ4v) is 4.66. The van der Waals surface area contributed by atoms with Gasteiger partial charge in [0.05, 0.1) is 5.56 Å². The van der Waals surface area contributed by atoms with Gasteiger partial charge in [0.15, 0.2) is 0 Å². The number of amides is 2. The predicted molar refractivity (Wildman–Crippen MR) is 115 cm³/mol. The maximum Gasteiger partial charge on any atom is 0.291 e. The number of nitriles is 1. The standard InChI is InChI=1S/C23H21N7O2/c1-12-17-15-8-14(10-24)11-25-21(15)30(2)23(32)19(18(12)17)27-22(31)20-26-16(28-29-20)9-13-6-4-3-5-7-13/h3-8,11-12,17-19H,9H2,1-2H3,(H,27,31)(H,26,28,29)/t12-,17?,18?,19-/m0/s1. The number of carbonyl (C=O) groups is 2. The number of H-pyrrole nitrogens is 1. The van der Waals surface area contributed by atoms with Crippen LogP contribution in [0.4, 0.5) is 5.82 Å². The molecule has 2 N–H and O–H groups in total. The maximum absolute atomic E-state index is 13.2. The molecule has 0 saturated heterocycles. The minimum absolute atomic E-state index is 0.00268. The van der Waals surface area contributed by atoms with E-state index in [4.69, 9.17) is 0 Å². The lowest BCUT2D eigenvalue weighted by atomic mass is 10.1. The van der Waals surface area contributed by atoms with E-state index in [1.807, 2.05) is 37.3 Å². The number of nitrogens with zero attached hydrogens (tertiary/aromatic N) is 5. The summed E-state index contributed by atoms with van der Waals surface area (Å²) in [4.78, 5) is 36.2. The third kappa shape index (κ3) is 3.30. The summed E-state index contributed by atoms with van der Waals surface area (Å²) in [5.74, 6) is 0.517. The molecule has 1 aliphatic carbocycles. The molecule has 3 heterocycles. The van der Waals surface area contributed by atoms with Crippen LogP contribution in [0.2, 0.25) is 0 Å². The Morgan fingerprint density at radius 1 is 1.31 bits per heavy atom. The van der Waals surface area contributed by atoms with Gasteiger partial charge in [0.25, 0.3) is 11.8 Å². The maximum atomic E-state index is 13.2. The van der Waals surface area contributed by atoms with E-state index in [2.05, 4.69) is 31.6 Å². The van der Waals surface area contributed by atoms with Gasteiger partial charge in [-0.15, -0.1) is 5.10 Å². The van der Waals surface area contributed by atoms with Crippen LogP contribution in [-0.4, -0.2) is 45.1 Å². The molecule has 9 nitrogen and oxygen atoms in total. The second-order valence-electron chi connectivity index (χ2n) is 8.33. The second-order valence-corrected chi connectivity index (χ2v) is 8.33. The third-order valence-electron chi connectivity index (χ3n) is 6.37. The first kappa shape index (κ1) is 19.9. The zero-order valence-corrected chi connectivity index (χ0v) is 17.6. The van der Waals surface area contributed by atoms with Crippen LogP contribution in [-0.2, 0) is 11.2 Å². The Kier molecular flexibility index (Phi) is 4.70. The molecular formula is C23H21N7O2. The highest BCUT2D eigenvalue weighted by Gasteiger charge is 2.58. The SMILES string of the molecule is C[C@H]1C2c3cc(C#N)cnc3N(C)C(=O)[C@@H](NC(=O)c3n[nH]c(Cc4ccccc4)n3)C21. The summed E-state index contributed by atoms with van der Waals surface area (Å²) in [5, 5.41) is 18.9. The van der Waals surface area contributed by atoms with Crippen molar-refractivity contribution in [3.05, 3.63) is 70.9 Å². The Labute approximate surface area is 184 Å². The fraction of sp³-hybridized carbons (Fsp3) is 0.304. The van der Waals surface area contributed by atoms with Gasteiger partial charge in [0, 0.05) is 25.2 Å². The highest BCUT2D eigenvalue weighted by Crippen LogP contribution is 2.59. The summed E-state index contributed by atoms with van der Waals surface area (Å²) in [7, 11) is 1.64. The van der Waals surface area contributed by atoms with Crippen molar-refractivity contribution in [2.75, 3.05) is 11.9 Å². The van der Waals surface area contributed by atoms with E-state index in [1.165, 1.54) is 11.1 Å². The number of aromatic amines is 1. The monoisotopic (exact) mass is 427 g/mol. The van der Waals surface area contributed by atoms with Gasteiger partial charge >= 0.3 is 0 Å². The van der Waals surface area contributed by atoms with Crippen LogP contribution in [0.1, 0.15) is 46.0 Å². The Morgan fingerprint density at radius 3 is 2.84 bits per heavy atom. The fourth-order valence-electron chi connectivity index (χ4n) is 4.66. The van der Waals surface area contributed by atoms with E-state index in [0.717, 1.165) is 11.1 Å². The first-order valence-electron chi connectivity index (χ1n) is 10.4. The van der Waals surface area contributed by atoms with Crippen molar-refractivity contribution in [3.63, 3.8) is 0 Å². The van der Waals surface area contributed by atoms with Crippen LogP contribution in [0, 0.1) is 23.2 Å². The van der Waals surface area contributed by atoms with E-state index >= 15 is 0 Å². The van der Waals surface area contributed by atoms with Crippen molar-refractivity contribution in [2.45, 2.75) is 25.3 Å². The summed E-state index contributed by atoms with van der Waals surface area (Å²) >= 11 is 0. The van der Waals surface area contributed by atoms with Crippen molar-refractivity contribution >= 4 is 17.6 Å². The molecule has 2 aliphatic rings. The number of hydrogen-bond donors (Lipinski definition) is 2. The predicted octanol–water partition coefficient (Wildman–Crippen LogP) is 1.79. The first-order valence-corrected chi connectivity index (χ1v) is 10.4. The van der Waals surface area contributed by atoms with Gasteiger partial charge < -0.3 is 5.32 Å². The van der Waals surface area contributed by atoms with Crippen LogP contribution in [0.15, 0.2) is 42.6 Å². The second kappa shape index (κ2) is 7.57. The molecule has 0 radical (unpaired) electrons. The minimum atomic E-state index is -0.719. The molecule has 4 atom stereocenters. The summed E-state index contributed by atoms with van der Waals surface area (Å²) < 4.78 is 0. The molecule has 2 amide bonds. The number of aromatic nitrogens is 4. The number of nitrogens with one attached hydrogen (secondary N) is 2. The lowest BCUT2D eigenvalue weighted by Gasteiger charge is -2.23. The van der Waals surface area contributed by atoms with Crippen molar-refractivity contribution < 1.29 is 9.59 Å². The summed E-state index contributed by atoms with van der Waals surface area (Å²) in [6.45, 7) is 2.04. The highest BCUT2D eigenvalue weighted by molar-refractivity contribution is 6.02. The molecule has 0 bridgehead atoms. The van der Waals surface area contributed by atoms with Crippen LogP contribution < -0.4 is 10.2 Å². The Balaban J connectivity index is 1.36. The lowest BCUT2D eigenvalue weighted by molar-refractivity contribution is -0.120. The van der Waals surface area contributed by atoms with E-state index in [-0.39, 0.29) is 29.5 Å². The van der Waals surface area contributed by atoms with Crippen molar-refractivity contribution in [2.24, 2.45) is 11.8 Å². The number of anilines is 1. The van der Waals surface area contributed by atoms with Gasteiger partial charge in [0.2, 0.25) is 5.82 Å². The zero-order chi connectivity index (χ0) is 22.4. The molecule has 1 fully saturated rings. The molecule has 2 unspecified atom stereocenters. The number of likely N-dealkylation sites (N-methyl/N-ethyl adjacent to an activating group) is 1. The topological polar surface area (TPSA) is 128 Å². The smallest absolute Gasteiger partial charge is 0.291 e. The molecule has 0 spiro atoms. The zero-order valence-electron chi connectivity index (χ0n) is 17.6. The largest absolute Gasteiger partial charge is 0.337 e. The van der Waals surface area contributed by atoms with Crippen molar-refractivity contribution in [1.29, 1.82) is 5.26 Å². The molecular weight excluding hydrogens is 406 g/mol. The summed E-state index contributed by atoms with van der Waals surface area (Å²) in [6.07, 6.45) is 1.99. The molecule has 9 heteroatoms. The van der Waals surface area contributed by atoms with Gasteiger partial charge in [0.1, 0.15) is 23.8 Å². The molecule has 1 aromatic carbocycles. The Morgan fingerprint density at radius 2 is 2.09 bits per heavy atom. The van der Waals surface area contributed by atoms with Gasteiger partial charge in [-0.2, -0.15) is 5.26 Å². The van der Waals surface area contributed by atoms with E-state index in [1.54, 1.807) is 13.1 Å². The molecule has 160 valence electrons. The number of rotatable bonds is 4. The van der Waals surface area contributed by atoms with Crippen molar-refractivity contribution in [1.82, 2.24) is 25.5 Å². The van der Waals surface area contributed by atoms with Gasteiger partial charge in [-0.1, -0.05) is 37.3 Å². The van der Waals surface area contributed by atoms with Gasteiger partial charge in [-0.05, 0) is 29.4 Å². The summed E-state index contributed by atoms with van der Waals surface area (Å²) in [5.41, 5.74) is 2.38. The average Bonchev–Trinajstić information content (AvgIpc) is 3.26. The third-order valence-corrected chi connectivity index (χ3v) is 6.37.